The molecule has 1 aliphatic heterocycles. The lowest BCUT2D eigenvalue weighted by atomic mass is 9.96. The minimum atomic E-state index is -0.426. The zero-order valence-corrected chi connectivity index (χ0v) is 13.4. The fourth-order valence-corrected chi connectivity index (χ4v) is 4.55. The van der Waals surface area contributed by atoms with Gasteiger partial charge in [-0.15, -0.1) is 11.3 Å². The minimum absolute atomic E-state index is 0.161. The zero-order chi connectivity index (χ0) is 14.8. The predicted octanol–water partition coefficient (Wildman–Crippen LogP) is 2.57. The Hall–Kier alpha value is -0.940. The van der Waals surface area contributed by atoms with Crippen molar-refractivity contribution in [2.24, 2.45) is 5.92 Å². The second kappa shape index (κ2) is 6.44. The molecule has 1 amide bonds. The maximum absolute atomic E-state index is 12.6. The van der Waals surface area contributed by atoms with Crippen LogP contribution in [0.15, 0.2) is 5.38 Å². The van der Waals surface area contributed by atoms with E-state index in [0.717, 1.165) is 57.3 Å². The Bertz CT molecular complexity index is 502. The summed E-state index contributed by atoms with van der Waals surface area (Å²) in [6.45, 7) is 3.74. The van der Waals surface area contributed by atoms with Gasteiger partial charge in [-0.05, 0) is 38.5 Å². The molecular weight excluding hydrogens is 284 g/mol. The highest BCUT2D eigenvalue weighted by atomic mass is 32.1. The molecule has 1 saturated heterocycles. The third-order valence-corrected chi connectivity index (χ3v) is 5.87. The highest BCUT2D eigenvalue weighted by molar-refractivity contribution is 7.09. The molecule has 2 heterocycles. The average Bonchev–Trinajstić information content (AvgIpc) is 3.15. The smallest absolute Gasteiger partial charge is 0.228 e. The topological polar surface area (TPSA) is 53.4 Å². The van der Waals surface area contributed by atoms with Crippen LogP contribution >= 0.6 is 11.3 Å². The van der Waals surface area contributed by atoms with Gasteiger partial charge < -0.3 is 10.0 Å². The van der Waals surface area contributed by atoms with Gasteiger partial charge in [-0.2, -0.15) is 0 Å². The summed E-state index contributed by atoms with van der Waals surface area (Å²) >= 11 is 1.73. The normalized spacial score (nSPS) is 29.8. The largest absolute Gasteiger partial charge is 0.392 e. The van der Waals surface area contributed by atoms with E-state index < -0.39 is 6.10 Å². The quantitative estimate of drug-likeness (QED) is 0.934. The van der Waals surface area contributed by atoms with Crippen LogP contribution in [-0.4, -0.2) is 40.1 Å². The fraction of sp³-hybridized carbons (Fsp3) is 0.750. The van der Waals surface area contributed by atoms with Crippen LogP contribution in [-0.2, 0) is 11.2 Å². The number of hydrogen-bond acceptors (Lipinski definition) is 4. The Kier molecular flexibility index (Phi) is 4.60. The number of thiazole rings is 1. The summed E-state index contributed by atoms with van der Waals surface area (Å²) in [4.78, 5) is 19.3. The van der Waals surface area contributed by atoms with Gasteiger partial charge in [0, 0.05) is 24.4 Å². The zero-order valence-electron chi connectivity index (χ0n) is 12.6. The summed E-state index contributed by atoms with van der Waals surface area (Å²) in [5, 5.41) is 13.3. The number of piperidine rings is 1. The number of aryl methyl sites for hydroxylation is 1. The number of hydrogen-bond donors (Lipinski definition) is 1. The van der Waals surface area contributed by atoms with E-state index in [-0.39, 0.29) is 11.8 Å². The molecule has 3 atom stereocenters. The fourth-order valence-electron chi connectivity index (χ4n) is 3.51. The van der Waals surface area contributed by atoms with Gasteiger partial charge in [0.15, 0.2) is 0 Å². The molecular formula is C16H24N2O2S. The lowest BCUT2D eigenvalue weighted by Gasteiger charge is -2.34. The maximum Gasteiger partial charge on any atom is 0.228 e. The molecule has 5 heteroatoms. The third kappa shape index (κ3) is 3.14. The van der Waals surface area contributed by atoms with Crippen molar-refractivity contribution < 1.29 is 9.90 Å². The molecule has 1 N–H and O–H groups in total. The molecule has 116 valence electrons. The molecule has 3 rings (SSSR count). The van der Waals surface area contributed by atoms with Gasteiger partial charge in [0.2, 0.25) is 5.91 Å². The van der Waals surface area contributed by atoms with Crippen LogP contribution in [0.2, 0.25) is 0 Å². The first-order chi connectivity index (χ1) is 10.2. The monoisotopic (exact) mass is 308 g/mol. The third-order valence-electron chi connectivity index (χ3n) is 4.81. The van der Waals surface area contributed by atoms with E-state index in [1.165, 1.54) is 5.01 Å². The number of carbonyl (C=O) groups excluding carboxylic acids is 1. The SMILES string of the molecule is CCc1csc(C2CCCN(C(=O)C3CCCC3O)C2)n1. The first kappa shape index (κ1) is 15.0. The second-order valence-electron chi connectivity index (χ2n) is 6.26. The molecule has 0 radical (unpaired) electrons. The Morgan fingerprint density at radius 1 is 1.43 bits per heavy atom. The highest BCUT2D eigenvalue weighted by Gasteiger charge is 2.36. The van der Waals surface area contributed by atoms with Crippen molar-refractivity contribution in [3.05, 3.63) is 16.1 Å². The Morgan fingerprint density at radius 2 is 2.29 bits per heavy atom. The molecule has 3 unspecified atom stereocenters. The number of aliphatic hydroxyl groups is 1. The molecule has 4 nitrogen and oxygen atoms in total. The first-order valence-corrected chi connectivity index (χ1v) is 8.98. The van der Waals surface area contributed by atoms with Gasteiger partial charge in [-0.1, -0.05) is 6.92 Å². The van der Waals surface area contributed by atoms with E-state index in [1.807, 2.05) is 4.90 Å². The van der Waals surface area contributed by atoms with Gasteiger partial charge in [-0.3, -0.25) is 4.79 Å². The Morgan fingerprint density at radius 3 is 2.95 bits per heavy atom. The number of carbonyl (C=O) groups is 1. The van der Waals surface area contributed by atoms with E-state index in [0.29, 0.717) is 5.92 Å². The molecule has 0 spiro atoms. The van der Waals surface area contributed by atoms with Gasteiger partial charge in [-0.25, -0.2) is 4.98 Å². The summed E-state index contributed by atoms with van der Waals surface area (Å²) in [6, 6.07) is 0. The van der Waals surface area contributed by atoms with Crippen molar-refractivity contribution >= 4 is 17.2 Å². The molecule has 2 fully saturated rings. The minimum Gasteiger partial charge on any atom is -0.392 e. The van der Waals surface area contributed by atoms with Crippen LogP contribution in [0.4, 0.5) is 0 Å². The number of aromatic nitrogens is 1. The van der Waals surface area contributed by atoms with E-state index in [1.54, 1.807) is 11.3 Å². The number of nitrogens with zero attached hydrogens (tertiary/aromatic N) is 2. The van der Waals surface area contributed by atoms with Crippen LogP contribution in [0.3, 0.4) is 0 Å². The van der Waals surface area contributed by atoms with Gasteiger partial charge in [0.25, 0.3) is 0 Å². The average molecular weight is 308 g/mol. The molecule has 0 aromatic carbocycles. The van der Waals surface area contributed by atoms with Gasteiger partial charge in [0.1, 0.15) is 0 Å². The summed E-state index contributed by atoms with van der Waals surface area (Å²) in [7, 11) is 0. The lowest BCUT2D eigenvalue weighted by Crippen LogP contribution is -2.44. The van der Waals surface area contributed by atoms with Crippen molar-refractivity contribution in [2.45, 2.75) is 57.5 Å². The van der Waals surface area contributed by atoms with Crippen molar-refractivity contribution in [1.29, 1.82) is 0 Å². The van der Waals surface area contributed by atoms with Crippen molar-refractivity contribution in [3.8, 4) is 0 Å². The predicted molar refractivity (Wildman–Crippen MR) is 83.4 cm³/mol. The van der Waals surface area contributed by atoms with Gasteiger partial charge in [0.05, 0.1) is 22.7 Å². The van der Waals surface area contributed by atoms with Crippen LogP contribution in [0, 0.1) is 5.92 Å². The summed E-state index contributed by atoms with van der Waals surface area (Å²) in [6.07, 6.45) is 5.30. The van der Waals surface area contributed by atoms with Crippen LogP contribution < -0.4 is 0 Å². The van der Waals surface area contributed by atoms with E-state index in [2.05, 4.69) is 17.3 Å². The van der Waals surface area contributed by atoms with Crippen LogP contribution in [0.5, 0.6) is 0 Å². The lowest BCUT2D eigenvalue weighted by molar-refractivity contribution is -0.139. The van der Waals surface area contributed by atoms with E-state index >= 15 is 0 Å². The second-order valence-corrected chi connectivity index (χ2v) is 7.15. The summed E-state index contributed by atoms with van der Waals surface area (Å²) < 4.78 is 0. The summed E-state index contributed by atoms with van der Waals surface area (Å²) in [5.41, 5.74) is 1.16. The van der Waals surface area contributed by atoms with E-state index in [9.17, 15) is 9.90 Å². The number of aliphatic hydroxyl groups excluding tert-OH is 1. The molecule has 0 bridgehead atoms. The van der Waals surface area contributed by atoms with Crippen LogP contribution in [0.25, 0.3) is 0 Å². The molecule has 2 aliphatic rings. The van der Waals surface area contributed by atoms with Crippen molar-refractivity contribution in [1.82, 2.24) is 9.88 Å². The molecule has 1 saturated carbocycles. The number of likely N-dealkylation sites (tertiary alicyclic amines) is 1. The highest BCUT2D eigenvalue weighted by Crippen LogP contribution is 2.33. The molecule has 1 aromatic rings. The van der Waals surface area contributed by atoms with Crippen molar-refractivity contribution in [3.63, 3.8) is 0 Å². The maximum atomic E-state index is 12.6. The summed E-state index contributed by atoms with van der Waals surface area (Å²) in [5.74, 6) is 0.384. The molecule has 1 aromatic heterocycles. The first-order valence-electron chi connectivity index (χ1n) is 8.10. The van der Waals surface area contributed by atoms with Crippen LogP contribution in [0.1, 0.15) is 55.6 Å². The Labute approximate surface area is 130 Å². The van der Waals surface area contributed by atoms with Gasteiger partial charge >= 0.3 is 0 Å². The number of rotatable bonds is 3. The number of amides is 1. The molecule has 1 aliphatic carbocycles. The molecule has 21 heavy (non-hydrogen) atoms. The van der Waals surface area contributed by atoms with Crippen molar-refractivity contribution in [2.75, 3.05) is 13.1 Å². The van der Waals surface area contributed by atoms with E-state index in [4.69, 9.17) is 0 Å². The Balaban J connectivity index is 1.66. The standard InChI is InChI=1S/C16H24N2O2S/c1-2-12-10-21-15(17-12)11-5-4-8-18(9-11)16(20)13-6-3-7-14(13)19/h10-11,13-14,19H,2-9H2,1H3.